The number of furan rings is 1. The first-order valence-corrected chi connectivity index (χ1v) is 16.1. The summed E-state index contributed by atoms with van der Waals surface area (Å²) in [4.78, 5) is 14.8. The molecule has 9 rings (SSSR count). The Morgan fingerprint density at radius 3 is 1.91 bits per heavy atom. The minimum atomic E-state index is -0.0523. The van der Waals surface area contributed by atoms with E-state index in [1.807, 2.05) is 60.7 Å². The number of hydrogen-bond donors (Lipinski definition) is 0. The third-order valence-corrected chi connectivity index (χ3v) is 9.59. The van der Waals surface area contributed by atoms with Gasteiger partial charge in [0, 0.05) is 33.7 Å². The van der Waals surface area contributed by atoms with Crippen LogP contribution in [0.25, 0.3) is 67.0 Å². The van der Waals surface area contributed by atoms with Crippen LogP contribution in [0, 0.1) is 0 Å². The van der Waals surface area contributed by atoms with E-state index in [2.05, 4.69) is 92.7 Å². The van der Waals surface area contributed by atoms with Crippen LogP contribution in [0.1, 0.15) is 36.4 Å². The van der Waals surface area contributed by atoms with Crippen molar-refractivity contribution in [3.63, 3.8) is 0 Å². The van der Waals surface area contributed by atoms with E-state index in [0.717, 1.165) is 44.5 Å². The second kappa shape index (κ2) is 10.6. The van der Waals surface area contributed by atoms with Gasteiger partial charge in [0.1, 0.15) is 17.0 Å². The zero-order chi connectivity index (χ0) is 31.5. The lowest BCUT2D eigenvalue weighted by Gasteiger charge is -2.21. The molecular formula is C43H31N3O. The molecule has 4 nitrogen and oxygen atoms in total. The molecule has 1 aliphatic carbocycles. The fraction of sp³-hybridized carbons (Fsp3) is 0.0930. The number of hydrogen-bond acceptors (Lipinski definition) is 4. The van der Waals surface area contributed by atoms with Crippen LogP contribution in [-0.4, -0.2) is 15.0 Å². The first-order chi connectivity index (χ1) is 23.0. The van der Waals surface area contributed by atoms with Gasteiger partial charge in [-0.15, -0.1) is 0 Å². The van der Waals surface area contributed by atoms with Gasteiger partial charge in [-0.05, 0) is 57.1 Å². The highest BCUT2D eigenvalue weighted by Crippen LogP contribution is 2.52. The third-order valence-electron chi connectivity index (χ3n) is 9.59. The van der Waals surface area contributed by atoms with E-state index in [1.165, 1.54) is 33.4 Å². The molecule has 1 aliphatic rings. The lowest BCUT2D eigenvalue weighted by atomic mass is 9.82. The Labute approximate surface area is 273 Å². The van der Waals surface area contributed by atoms with Crippen molar-refractivity contribution in [3.8, 4) is 45.0 Å². The largest absolute Gasteiger partial charge is 0.456 e. The molecule has 0 amide bonds. The van der Waals surface area contributed by atoms with Crippen molar-refractivity contribution in [2.75, 3.05) is 0 Å². The summed E-state index contributed by atoms with van der Waals surface area (Å²) in [5, 5.41) is 2.19. The van der Waals surface area contributed by atoms with E-state index in [4.69, 9.17) is 19.4 Å². The number of nitrogens with zero attached hydrogens (tertiary/aromatic N) is 3. The van der Waals surface area contributed by atoms with Gasteiger partial charge >= 0.3 is 0 Å². The average molecular weight is 606 g/mol. The fourth-order valence-corrected chi connectivity index (χ4v) is 7.31. The summed E-state index contributed by atoms with van der Waals surface area (Å²) in [5.41, 5.74) is 12.5. The van der Waals surface area contributed by atoms with Crippen LogP contribution in [0.3, 0.4) is 0 Å². The van der Waals surface area contributed by atoms with Crippen LogP contribution < -0.4 is 0 Å². The highest BCUT2D eigenvalue weighted by molar-refractivity contribution is 6.09. The van der Waals surface area contributed by atoms with Crippen molar-refractivity contribution in [3.05, 3.63) is 162 Å². The van der Waals surface area contributed by atoms with Gasteiger partial charge in [0.15, 0.2) is 11.6 Å². The smallest absolute Gasteiger partial charge is 0.163 e. The van der Waals surface area contributed by atoms with Gasteiger partial charge in [-0.3, -0.25) is 0 Å². The van der Waals surface area contributed by atoms with E-state index >= 15 is 0 Å². The van der Waals surface area contributed by atoms with Gasteiger partial charge in [0.05, 0.1) is 0 Å². The van der Waals surface area contributed by atoms with Gasteiger partial charge in [-0.1, -0.05) is 135 Å². The van der Waals surface area contributed by atoms with Crippen LogP contribution >= 0.6 is 0 Å². The van der Waals surface area contributed by atoms with Gasteiger partial charge in [-0.2, -0.15) is 0 Å². The number of aromatic nitrogens is 3. The fourth-order valence-electron chi connectivity index (χ4n) is 7.31. The summed E-state index contributed by atoms with van der Waals surface area (Å²) in [7, 11) is 0. The van der Waals surface area contributed by atoms with E-state index < -0.39 is 0 Å². The Kier molecular flexibility index (Phi) is 6.19. The highest BCUT2D eigenvalue weighted by atomic mass is 16.3. The maximum absolute atomic E-state index is 6.44. The van der Waals surface area contributed by atoms with Gasteiger partial charge in [-0.25, -0.2) is 15.0 Å². The molecule has 8 aromatic rings. The van der Waals surface area contributed by atoms with Crippen LogP contribution in [-0.2, 0) is 11.8 Å². The predicted molar refractivity (Wildman–Crippen MR) is 190 cm³/mol. The summed E-state index contributed by atoms with van der Waals surface area (Å²) >= 11 is 0. The molecule has 0 radical (unpaired) electrons. The molecule has 0 N–H and O–H groups in total. The predicted octanol–water partition coefficient (Wildman–Crippen LogP) is 10.7. The van der Waals surface area contributed by atoms with Gasteiger partial charge in [0.2, 0.25) is 0 Å². The van der Waals surface area contributed by atoms with Crippen molar-refractivity contribution in [2.24, 2.45) is 0 Å². The number of rotatable bonds is 5. The van der Waals surface area contributed by atoms with E-state index in [1.54, 1.807) is 0 Å². The van der Waals surface area contributed by atoms with Crippen LogP contribution in [0.5, 0.6) is 0 Å². The average Bonchev–Trinajstić information content (AvgIpc) is 3.61. The Bertz CT molecular complexity index is 2400. The molecule has 224 valence electrons. The first kappa shape index (κ1) is 27.4. The lowest BCUT2D eigenvalue weighted by molar-refractivity contribution is 0.660. The SMILES string of the molecule is CC1(C)c2ccccc2-c2c(-c3ccc4oc5cccc(Cc6nc(-c7ccccc7)nc(-c7ccccc7)n6)c5c4c3)cccc21. The van der Waals surface area contributed by atoms with Crippen molar-refractivity contribution in [1.82, 2.24) is 15.0 Å². The highest BCUT2D eigenvalue weighted by Gasteiger charge is 2.36. The van der Waals surface area contributed by atoms with E-state index in [-0.39, 0.29) is 5.41 Å². The van der Waals surface area contributed by atoms with Crippen LogP contribution in [0.2, 0.25) is 0 Å². The quantitative estimate of drug-likeness (QED) is 0.196. The minimum absolute atomic E-state index is 0.0523. The molecule has 47 heavy (non-hydrogen) atoms. The summed E-state index contributed by atoms with van der Waals surface area (Å²) in [6.45, 7) is 4.65. The third kappa shape index (κ3) is 4.48. The topological polar surface area (TPSA) is 51.8 Å². The molecular weight excluding hydrogens is 574 g/mol. The molecule has 0 bridgehead atoms. The summed E-state index contributed by atoms with van der Waals surface area (Å²) < 4.78 is 6.44. The second-order valence-electron chi connectivity index (χ2n) is 12.8. The van der Waals surface area contributed by atoms with Crippen molar-refractivity contribution in [1.29, 1.82) is 0 Å². The maximum Gasteiger partial charge on any atom is 0.163 e. The minimum Gasteiger partial charge on any atom is -0.456 e. The first-order valence-electron chi connectivity index (χ1n) is 16.1. The molecule has 0 saturated carbocycles. The van der Waals surface area contributed by atoms with Gasteiger partial charge < -0.3 is 4.42 Å². The summed E-state index contributed by atoms with van der Waals surface area (Å²) in [6, 6.07) is 48.7. The summed E-state index contributed by atoms with van der Waals surface area (Å²) in [6.07, 6.45) is 0.542. The zero-order valence-electron chi connectivity index (χ0n) is 26.2. The molecule has 6 aromatic carbocycles. The standard InChI is InChI=1S/C43H31N3O/c1-43(2)34-20-10-9-18-32(34)40-31(19-12-21-35(40)43)29-23-24-36-33(25-29)39-30(17-11-22-37(39)47-36)26-38-44-41(27-13-5-3-6-14-27)46-42(45-38)28-15-7-4-8-16-28/h3-25H,26H2,1-2H3. The maximum atomic E-state index is 6.44. The normalized spacial score (nSPS) is 13.1. The summed E-state index contributed by atoms with van der Waals surface area (Å²) in [5.74, 6) is 2.06. The van der Waals surface area contributed by atoms with Crippen LogP contribution in [0.4, 0.5) is 0 Å². The number of benzene rings is 6. The molecule has 0 spiro atoms. The van der Waals surface area contributed by atoms with E-state index in [0.29, 0.717) is 18.1 Å². The van der Waals surface area contributed by atoms with Crippen molar-refractivity contribution in [2.45, 2.75) is 25.7 Å². The second-order valence-corrected chi connectivity index (χ2v) is 12.8. The molecule has 0 aliphatic heterocycles. The Balaban J connectivity index is 1.19. The van der Waals surface area contributed by atoms with Crippen molar-refractivity contribution >= 4 is 21.9 Å². The van der Waals surface area contributed by atoms with E-state index in [9.17, 15) is 0 Å². The molecule has 2 aromatic heterocycles. The number of fused-ring (bicyclic) bond motifs is 6. The molecule has 4 heteroatoms. The Morgan fingerprint density at radius 2 is 1.17 bits per heavy atom. The lowest BCUT2D eigenvalue weighted by Crippen LogP contribution is -2.14. The Morgan fingerprint density at radius 1 is 0.532 bits per heavy atom. The monoisotopic (exact) mass is 605 g/mol. The van der Waals surface area contributed by atoms with Crippen molar-refractivity contribution < 1.29 is 4.42 Å². The zero-order valence-corrected chi connectivity index (χ0v) is 26.2. The Hall–Kier alpha value is -5.87. The molecule has 0 saturated heterocycles. The molecule has 0 unspecified atom stereocenters. The van der Waals surface area contributed by atoms with Gasteiger partial charge in [0.25, 0.3) is 0 Å². The molecule has 0 fully saturated rings. The molecule has 2 heterocycles. The van der Waals surface area contributed by atoms with Crippen LogP contribution in [0.15, 0.2) is 144 Å². The molecule has 0 atom stereocenters.